The Morgan fingerprint density at radius 2 is 1.39 bits per heavy atom. The molecule has 0 bridgehead atoms. The fourth-order valence-corrected chi connectivity index (χ4v) is 3.54. The van der Waals surface area contributed by atoms with Gasteiger partial charge in [0.2, 0.25) is 0 Å². The van der Waals surface area contributed by atoms with Gasteiger partial charge in [0, 0.05) is 10.9 Å². The molecule has 4 heteroatoms. The molecule has 4 aromatic carbocycles. The number of carbonyl (C=O) groups is 1. The highest BCUT2D eigenvalue weighted by Crippen LogP contribution is 2.46. The molecule has 0 amide bonds. The molecule has 0 spiro atoms. The Morgan fingerprint density at radius 3 is 1.96 bits per heavy atom. The van der Waals surface area contributed by atoms with Crippen molar-refractivity contribution >= 4 is 16.7 Å². The predicted molar refractivity (Wildman–Crippen MR) is 108 cm³/mol. The van der Waals surface area contributed by atoms with Gasteiger partial charge < -0.3 is 9.84 Å². The topological polar surface area (TPSA) is 46.5 Å². The molecule has 0 aliphatic heterocycles. The standard InChI is InChI=1S/C24H17FO3/c1-28-24(27)22-21(16-10-6-3-7-11-16)20(15-8-4-2-5-9-15)18-13-12-17(25)14-19(18)23(22)26/h2-14,26H,1H3. The number of benzene rings is 4. The zero-order valence-electron chi connectivity index (χ0n) is 15.1. The van der Waals surface area contributed by atoms with Gasteiger partial charge in [-0.15, -0.1) is 0 Å². The molecule has 0 saturated carbocycles. The van der Waals surface area contributed by atoms with Crippen LogP contribution >= 0.6 is 0 Å². The summed E-state index contributed by atoms with van der Waals surface area (Å²) in [6.07, 6.45) is 0. The van der Waals surface area contributed by atoms with Crippen molar-refractivity contribution in [1.82, 2.24) is 0 Å². The number of rotatable bonds is 3. The molecule has 0 aliphatic rings. The highest BCUT2D eigenvalue weighted by molar-refractivity contribution is 6.15. The Kier molecular flexibility index (Phi) is 4.53. The number of ether oxygens (including phenoxy) is 1. The van der Waals surface area contributed by atoms with Crippen molar-refractivity contribution in [3.8, 4) is 28.0 Å². The molecule has 3 nitrogen and oxygen atoms in total. The van der Waals surface area contributed by atoms with E-state index in [1.807, 2.05) is 60.7 Å². The minimum absolute atomic E-state index is 0.0191. The molecule has 0 unspecified atom stereocenters. The fraction of sp³-hybridized carbons (Fsp3) is 0.0417. The van der Waals surface area contributed by atoms with Gasteiger partial charge in [-0.1, -0.05) is 66.7 Å². The quantitative estimate of drug-likeness (QED) is 0.462. The number of hydrogen-bond acceptors (Lipinski definition) is 3. The Balaban J connectivity index is 2.26. The van der Waals surface area contributed by atoms with Crippen molar-refractivity contribution in [3.05, 3.63) is 90.2 Å². The summed E-state index contributed by atoms with van der Waals surface area (Å²) in [7, 11) is 1.26. The lowest BCUT2D eigenvalue weighted by Gasteiger charge is -2.19. The Labute approximate surface area is 161 Å². The first-order valence-corrected chi connectivity index (χ1v) is 8.79. The summed E-state index contributed by atoms with van der Waals surface area (Å²) in [4.78, 5) is 12.7. The maximum atomic E-state index is 14.0. The van der Waals surface area contributed by atoms with Crippen molar-refractivity contribution in [3.63, 3.8) is 0 Å². The lowest BCUT2D eigenvalue weighted by atomic mass is 9.85. The molecule has 138 valence electrons. The van der Waals surface area contributed by atoms with Crippen LogP contribution in [0.4, 0.5) is 4.39 Å². The molecule has 28 heavy (non-hydrogen) atoms. The molecule has 0 atom stereocenters. The monoisotopic (exact) mass is 372 g/mol. The van der Waals surface area contributed by atoms with Gasteiger partial charge >= 0.3 is 5.97 Å². The van der Waals surface area contributed by atoms with Crippen molar-refractivity contribution in [1.29, 1.82) is 0 Å². The first-order chi connectivity index (χ1) is 13.6. The number of hydrogen-bond donors (Lipinski definition) is 1. The first-order valence-electron chi connectivity index (χ1n) is 8.79. The Bertz CT molecular complexity index is 1170. The van der Waals surface area contributed by atoms with Crippen LogP contribution in [0.1, 0.15) is 10.4 Å². The maximum absolute atomic E-state index is 14.0. The van der Waals surface area contributed by atoms with Crippen LogP contribution in [0.25, 0.3) is 33.0 Å². The summed E-state index contributed by atoms with van der Waals surface area (Å²) in [5.41, 5.74) is 2.91. The van der Waals surface area contributed by atoms with E-state index in [0.29, 0.717) is 10.9 Å². The SMILES string of the molecule is COC(=O)c1c(-c2ccccc2)c(-c2ccccc2)c2ccc(F)cc2c1O. The second-order valence-electron chi connectivity index (χ2n) is 6.39. The van der Waals surface area contributed by atoms with Gasteiger partial charge in [-0.2, -0.15) is 0 Å². The van der Waals surface area contributed by atoms with Gasteiger partial charge in [-0.3, -0.25) is 0 Å². The van der Waals surface area contributed by atoms with Crippen LogP contribution in [0.2, 0.25) is 0 Å². The lowest BCUT2D eigenvalue weighted by Crippen LogP contribution is -2.06. The van der Waals surface area contributed by atoms with Crippen molar-refractivity contribution in [2.75, 3.05) is 7.11 Å². The van der Waals surface area contributed by atoms with E-state index in [2.05, 4.69) is 0 Å². The minimum atomic E-state index is -0.681. The van der Waals surface area contributed by atoms with Crippen LogP contribution in [0.3, 0.4) is 0 Å². The summed E-state index contributed by atoms with van der Waals surface area (Å²) in [5.74, 6) is -1.47. The summed E-state index contributed by atoms with van der Waals surface area (Å²) in [6, 6.07) is 23.0. The van der Waals surface area contributed by atoms with Gasteiger partial charge in [-0.25, -0.2) is 9.18 Å². The van der Waals surface area contributed by atoms with E-state index >= 15 is 0 Å². The molecule has 0 radical (unpaired) electrons. The van der Waals surface area contributed by atoms with E-state index in [-0.39, 0.29) is 16.7 Å². The van der Waals surface area contributed by atoms with E-state index in [1.165, 1.54) is 19.2 Å². The van der Waals surface area contributed by atoms with Crippen LogP contribution in [0, 0.1) is 5.82 Å². The normalized spacial score (nSPS) is 10.8. The van der Waals surface area contributed by atoms with Crippen LogP contribution in [0.5, 0.6) is 5.75 Å². The third-order valence-corrected chi connectivity index (χ3v) is 4.76. The number of methoxy groups -OCH3 is 1. The number of phenolic OH excluding ortho intramolecular Hbond substituents is 1. The molecular formula is C24H17FO3. The van der Waals surface area contributed by atoms with Gasteiger partial charge in [0.1, 0.15) is 17.1 Å². The number of aromatic hydroxyl groups is 1. The predicted octanol–water partition coefficient (Wildman–Crippen LogP) is 5.81. The second kappa shape index (κ2) is 7.16. The van der Waals surface area contributed by atoms with Gasteiger partial charge in [0.25, 0.3) is 0 Å². The van der Waals surface area contributed by atoms with Crippen LogP contribution in [-0.4, -0.2) is 18.2 Å². The van der Waals surface area contributed by atoms with E-state index in [4.69, 9.17) is 4.74 Å². The third kappa shape index (κ3) is 2.89. The van der Waals surface area contributed by atoms with E-state index < -0.39 is 11.8 Å². The van der Waals surface area contributed by atoms with E-state index in [9.17, 15) is 14.3 Å². The number of esters is 1. The van der Waals surface area contributed by atoms with Gasteiger partial charge in [0.15, 0.2) is 0 Å². The Hall–Kier alpha value is -3.66. The molecule has 0 fully saturated rings. The zero-order chi connectivity index (χ0) is 19.7. The molecule has 4 rings (SSSR count). The average molecular weight is 372 g/mol. The molecule has 0 saturated heterocycles. The Morgan fingerprint density at radius 1 is 0.821 bits per heavy atom. The number of fused-ring (bicyclic) bond motifs is 1. The van der Waals surface area contributed by atoms with E-state index in [1.54, 1.807) is 6.07 Å². The summed E-state index contributed by atoms with van der Waals surface area (Å²) < 4.78 is 18.9. The molecular weight excluding hydrogens is 355 g/mol. The first kappa shape index (κ1) is 17.7. The van der Waals surface area contributed by atoms with Crippen LogP contribution in [0.15, 0.2) is 78.9 Å². The molecule has 4 aromatic rings. The average Bonchev–Trinajstić information content (AvgIpc) is 2.74. The highest BCUT2D eigenvalue weighted by atomic mass is 19.1. The van der Waals surface area contributed by atoms with Crippen LogP contribution in [-0.2, 0) is 4.74 Å². The fourth-order valence-electron chi connectivity index (χ4n) is 3.54. The summed E-state index contributed by atoms with van der Waals surface area (Å²) in [6.45, 7) is 0. The van der Waals surface area contributed by atoms with Crippen molar-refractivity contribution < 1.29 is 19.0 Å². The number of halogens is 1. The largest absolute Gasteiger partial charge is 0.506 e. The number of carbonyl (C=O) groups excluding carboxylic acids is 1. The molecule has 1 N–H and O–H groups in total. The van der Waals surface area contributed by atoms with E-state index in [0.717, 1.165) is 16.7 Å². The summed E-state index contributed by atoms with van der Waals surface area (Å²) in [5, 5.41) is 11.8. The molecule has 0 aromatic heterocycles. The second-order valence-corrected chi connectivity index (χ2v) is 6.39. The minimum Gasteiger partial charge on any atom is -0.506 e. The van der Waals surface area contributed by atoms with Gasteiger partial charge in [0.05, 0.1) is 7.11 Å². The highest BCUT2D eigenvalue weighted by Gasteiger charge is 2.26. The van der Waals surface area contributed by atoms with Crippen LogP contribution < -0.4 is 0 Å². The number of phenols is 1. The lowest BCUT2D eigenvalue weighted by molar-refractivity contribution is 0.0598. The molecule has 0 aliphatic carbocycles. The maximum Gasteiger partial charge on any atom is 0.342 e. The smallest absolute Gasteiger partial charge is 0.342 e. The third-order valence-electron chi connectivity index (χ3n) is 4.76. The van der Waals surface area contributed by atoms with Crippen molar-refractivity contribution in [2.45, 2.75) is 0 Å². The van der Waals surface area contributed by atoms with Crippen molar-refractivity contribution in [2.24, 2.45) is 0 Å². The zero-order valence-corrected chi connectivity index (χ0v) is 15.1. The molecule has 0 heterocycles. The summed E-state index contributed by atoms with van der Waals surface area (Å²) >= 11 is 0. The van der Waals surface area contributed by atoms with Gasteiger partial charge in [-0.05, 0) is 34.2 Å².